The van der Waals surface area contributed by atoms with Crippen LogP contribution < -0.4 is 5.32 Å². The molecule has 5 heteroatoms. The maximum atomic E-state index is 12.3. The molecule has 0 aliphatic carbocycles. The van der Waals surface area contributed by atoms with E-state index in [4.69, 9.17) is 0 Å². The Balaban J connectivity index is 1.89. The lowest BCUT2D eigenvalue weighted by molar-refractivity contribution is -0.140. The highest BCUT2D eigenvalue weighted by molar-refractivity contribution is 14.1. The summed E-state index contributed by atoms with van der Waals surface area (Å²) in [6.07, 6.45) is 1.63. The van der Waals surface area contributed by atoms with Crippen LogP contribution in [0.4, 0.5) is 0 Å². The van der Waals surface area contributed by atoms with Crippen LogP contribution in [0.5, 0.6) is 0 Å². The molecule has 2 rings (SSSR count). The molecule has 0 spiro atoms. The van der Waals surface area contributed by atoms with Crippen molar-refractivity contribution < 1.29 is 9.59 Å². The first kappa shape index (κ1) is 17.2. The van der Waals surface area contributed by atoms with Gasteiger partial charge < -0.3 is 10.2 Å². The van der Waals surface area contributed by atoms with Crippen molar-refractivity contribution in [2.45, 2.75) is 39.7 Å². The number of halogens is 1. The normalized spacial score (nSPS) is 16.5. The SMILES string of the molecule is CC(C)(C)C(=O)N1CCC(NC(=O)c2ccccc2I)CC1. The van der Waals surface area contributed by atoms with Crippen LogP contribution >= 0.6 is 22.6 Å². The van der Waals surface area contributed by atoms with Gasteiger partial charge in [-0.2, -0.15) is 0 Å². The van der Waals surface area contributed by atoms with Crippen molar-refractivity contribution in [3.8, 4) is 0 Å². The highest BCUT2D eigenvalue weighted by Crippen LogP contribution is 2.21. The minimum absolute atomic E-state index is 0.0226. The van der Waals surface area contributed by atoms with Crippen LogP contribution in [0.2, 0.25) is 0 Å². The van der Waals surface area contributed by atoms with Gasteiger partial charge in [0.15, 0.2) is 0 Å². The predicted octanol–water partition coefficient (Wildman–Crippen LogP) is 3.06. The minimum atomic E-state index is -0.337. The molecule has 0 saturated carbocycles. The van der Waals surface area contributed by atoms with Gasteiger partial charge in [-0.3, -0.25) is 9.59 Å². The number of nitrogens with one attached hydrogen (secondary N) is 1. The third-order valence-corrected chi connectivity index (χ3v) is 4.82. The van der Waals surface area contributed by atoms with Gasteiger partial charge in [0, 0.05) is 28.1 Å². The average Bonchev–Trinajstić information content (AvgIpc) is 2.46. The van der Waals surface area contributed by atoms with Crippen LogP contribution in [-0.4, -0.2) is 35.8 Å². The van der Waals surface area contributed by atoms with E-state index in [0.717, 1.165) is 22.0 Å². The zero-order chi connectivity index (χ0) is 16.3. The van der Waals surface area contributed by atoms with Crippen molar-refractivity contribution in [2.24, 2.45) is 5.41 Å². The molecular formula is C17H23IN2O2. The number of carbonyl (C=O) groups is 2. The molecule has 0 atom stereocenters. The van der Waals surface area contributed by atoms with E-state index in [1.807, 2.05) is 49.9 Å². The fraction of sp³-hybridized carbons (Fsp3) is 0.529. The van der Waals surface area contributed by atoms with E-state index in [0.29, 0.717) is 13.1 Å². The summed E-state index contributed by atoms with van der Waals surface area (Å²) in [4.78, 5) is 26.5. The summed E-state index contributed by atoms with van der Waals surface area (Å²) in [6, 6.07) is 7.72. The topological polar surface area (TPSA) is 49.4 Å². The van der Waals surface area contributed by atoms with Gasteiger partial charge in [-0.25, -0.2) is 0 Å². The number of likely N-dealkylation sites (tertiary alicyclic amines) is 1. The summed E-state index contributed by atoms with van der Waals surface area (Å²) in [6.45, 7) is 7.27. The van der Waals surface area contributed by atoms with Crippen molar-refractivity contribution in [2.75, 3.05) is 13.1 Å². The molecule has 4 nitrogen and oxygen atoms in total. The van der Waals surface area contributed by atoms with Gasteiger partial charge in [-0.15, -0.1) is 0 Å². The Kier molecular flexibility index (Phi) is 5.47. The zero-order valence-corrected chi connectivity index (χ0v) is 15.5. The number of carbonyl (C=O) groups excluding carboxylic acids is 2. The Labute approximate surface area is 145 Å². The number of hydrogen-bond acceptors (Lipinski definition) is 2. The molecule has 1 fully saturated rings. The van der Waals surface area contributed by atoms with Gasteiger partial charge in [0.1, 0.15) is 0 Å². The van der Waals surface area contributed by atoms with Gasteiger partial charge in [-0.05, 0) is 47.6 Å². The van der Waals surface area contributed by atoms with Crippen molar-refractivity contribution in [3.05, 3.63) is 33.4 Å². The van der Waals surface area contributed by atoms with Crippen LogP contribution in [0, 0.1) is 8.99 Å². The Morgan fingerprint density at radius 3 is 2.32 bits per heavy atom. The molecule has 1 aliphatic heterocycles. The molecule has 2 amide bonds. The smallest absolute Gasteiger partial charge is 0.252 e. The lowest BCUT2D eigenvalue weighted by atomic mass is 9.93. The van der Waals surface area contributed by atoms with E-state index in [1.165, 1.54) is 0 Å². The van der Waals surface area contributed by atoms with Crippen molar-refractivity contribution in [3.63, 3.8) is 0 Å². The lowest BCUT2D eigenvalue weighted by Crippen LogP contribution is -2.49. The number of nitrogens with zero attached hydrogens (tertiary/aromatic N) is 1. The Hall–Kier alpha value is -1.11. The quantitative estimate of drug-likeness (QED) is 0.757. The van der Waals surface area contributed by atoms with E-state index in [-0.39, 0.29) is 23.3 Å². The molecule has 0 unspecified atom stereocenters. The minimum Gasteiger partial charge on any atom is -0.349 e. The molecule has 0 aromatic heterocycles. The molecule has 120 valence electrons. The number of rotatable bonds is 2. The molecule has 1 saturated heterocycles. The van der Waals surface area contributed by atoms with E-state index in [9.17, 15) is 9.59 Å². The summed E-state index contributed by atoms with van der Waals surface area (Å²) >= 11 is 2.18. The average molecular weight is 414 g/mol. The second-order valence-electron chi connectivity index (χ2n) is 6.77. The summed E-state index contributed by atoms with van der Waals surface area (Å²) in [5.74, 6) is 0.167. The standard InChI is InChI=1S/C17H23IN2O2/c1-17(2,3)16(22)20-10-8-12(9-11-20)19-15(21)13-6-4-5-7-14(13)18/h4-7,12H,8-11H2,1-3H3,(H,19,21). The molecule has 1 heterocycles. The number of benzene rings is 1. The molecule has 0 bridgehead atoms. The summed E-state index contributed by atoms with van der Waals surface area (Å²) in [7, 11) is 0. The Bertz CT molecular complexity index is 558. The van der Waals surface area contributed by atoms with Crippen molar-refractivity contribution in [1.29, 1.82) is 0 Å². The van der Waals surface area contributed by atoms with Crippen LogP contribution in [0.1, 0.15) is 44.0 Å². The Morgan fingerprint density at radius 2 is 1.77 bits per heavy atom. The molecule has 0 radical (unpaired) electrons. The second kappa shape index (κ2) is 6.98. The molecule has 1 aliphatic rings. The highest BCUT2D eigenvalue weighted by Gasteiger charge is 2.30. The number of piperidine rings is 1. The fourth-order valence-electron chi connectivity index (χ4n) is 2.61. The lowest BCUT2D eigenvalue weighted by Gasteiger charge is -2.36. The summed E-state index contributed by atoms with van der Waals surface area (Å²) < 4.78 is 0.956. The predicted molar refractivity (Wildman–Crippen MR) is 95.7 cm³/mol. The summed E-state index contributed by atoms with van der Waals surface area (Å²) in [5, 5.41) is 3.09. The second-order valence-corrected chi connectivity index (χ2v) is 7.93. The van der Waals surface area contributed by atoms with E-state index < -0.39 is 0 Å². The van der Waals surface area contributed by atoms with E-state index in [2.05, 4.69) is 27.9 Å². The monoisotopic (exact) mass is 414 g/mol. The first-order valence-electron chi connectivity index (χ1n) is 7.64. The zero-order valence-electron chi connectivity index (χ0n) is 13.4. The third kappa shape index (κ3) is 4.21. The maximum absolute atomic E-state index is 12.3. The first-order valence-corrected chi connectivity index (χ1v) is 8.71. The van der Waals surface area contributed by atoms with Gasteiger partial charge >= 0.3 is 0 Å². The number of hydrogen-bond donors (Lipinski definition) is 1. The van der Waals surface area contributed by atoms with Crippen molar-refractivity contribution in [1.82, 2.24) is 10.2 Å². The van der Waals surface area contributed by atoms with Crippen LogP contribution in [0.25, 0.3) is 0 Å². The van der Waals surface area contributed by atoms with Gasteiger partial charge in [0.05, 0.1) is 5.56 Å². The third-order valence-electron chi connectivity index (χ3n) is 3.88. The van der Waals surface area contributed by atoms with Crippen LogP contribution in [0.15, 0.2) is 24.3 Å². The van der Waals surface area contributed by atoms with Crippen LogP contribution in [-0.2, 0) is 4.79 Å². The van der Waals surface area contributed by atoms with E-state index in [1.54, 1.807) is 0 Å². The fourth-order valence-corrected chi connectivity index (χ4v) is 3.24. The molecule has 1 aromatic carbocycles. The highest BCUT2D eigenvalue weighted by atomic mass is 127. The van der Waals surface area contributed by atoms with Gasteiger partial charge in [0.25, 0.3) is 5.91 Å². The molecular weight excluding hydrogens is 391 g/mol. The molecule has 22 heavy (non-hydrogen) atoms. The maximum Gasteiger partial charge on any atom is 0.252 e. The largest absolute Gasteiger partial charge is 0.349 e. The molecule has 1 N–H and O–H groups in total. The summed E-state index contributed by atoms with van der Waals surface area (Å²) in [5.41, 5.74) is 0.382. The van der Waals surface area contributed by atoms with Crippen molar-refractivity contribution >= 4 is 34.4 Å². The van der Waals surface area contributed by atoms with Gasteiger partial charge in [0.2, 0.25) is 5.91 Å². The van der Waals surface area contributed by atoms with E-state index >= 15 is 0 Å². The first-order chi connectivity index (χ1) is 10.3. The van der Waals surface area contributed by atoms with Gasteiger partial charge in [-0.1, -0.05) is 32.9 Å². The van der Waals surface area contributed by atoms with Crippen LogP contribution in [0.3, 0.4) is 0 Å². The Morgan fingerprint density at radius 1 is 1.18 bits per heavy atom. The number of amides is 2. The molecule has 1 aromatic rings.